The Morgan fingerprint density at radius 2 is 1.75 bits per heavy atom. The second-order valence-corrected chi connectivity index (χ2v) is 5.22. The van der Waals surface area contributed by atoms with Gasteiger partial charge >= 0.3 is 0 Å². The molecule has 120 valence electrons. The minimum atomic E-state index is -0.520. The molecular formula is C18H15N3O3. The minimum absolute atomic E-state index is 0.128. The lowest BCUT2D eigenvalue weighted by molar-refractivity contribution is -0.384. The number of nitrogens with one attached hydrogen (secondary N) is 2. The Morgan fingerprint density at radius 3 is 2.50 bits per heavy atom. The summed E-state index contributed by atoms with van der Waals surface area (Å²) in [5.74, 6) is -0.403. The van der Waals surface area contributed by atoms with Crippen LogP contribution in [-0.2, 0) is 0 Å². The average Bonchev–Trinajstić information content (AvgIpc) is 2.61. The van der Waals surface area contributed by atoms with E-state index in [-0.39, 0.29) is 11.3 Å². The van der Waals surface area contributed by atoms with Crippen molar-refractivity contribution < 1.29 is 9.72 Å². The molecule has 6 nitrogen and oxygen atoms in total. The third kappa shape index (κ3) is 2.89. The van der Waals surface area contributed by atoms with Crippen LogP contribution in [-0.4, -0.2) is 17.9 Å². The van der Waals surface area contributed by atoms with E-state index in [0.29, 0.717) is 11.4 Å². The number of amides is 1. The molecule has 0 fully saturated rings. The number of nitrogens with zero attached hydrogens (tertiary/aromatic N) is 1. The van der Waals surface area contributed by atoms with Crippen LogP contribution in [0.2, 0.25) is 0 Å². The number of nitro benzene ring substituents is 1. The Bertz CT molecular complexity index is 932. The van der Waals surface area contributed by atoms with Crippen LogP contribution in [0.4, 0.5) is 17.1 Å². The highest BCUT2D eigenvalue weighted by atomic mass is 16.6. The van der Waals surface area contributed by atoms with Gasteiger partial charge in [0.05, 0.1) is 10.5 Å². The second-order valence-electron chi connectivity index (χ2n) is 5.22. The molecule has 6 heteroatoms. The molecule has 0 aliphatic heterocycles. The van der Waals surface area contributed by atoms with Gasteiger partial charge in [-0.05, 0) is 17.5 Å². The SMILES string of the molecule is CNc1ccc([N+](=O)[O-])cc1C(=O)Nc1cccc2ccccc12. The average molecular weight is 321 g/mol. The number of nitro groups is 1. The lowest BCUT2D eigenvalue weighted by Crippen LogP contribution is -2.14. The Balaban J connectivity index is 2.00. The van der Waals surface area contributed by atoms with Crippen LogP contribution in [0.15, 0.2) is 60.7 Å². The van der Waals surface area contributed by atoms with Gasteiger partial charge < -0.3 is 10.6 Å². The quantitative estimate of drug-likeness (QED) is 0.561. The summed E-state index contributed by atoms with van der Waals surface area (Å²) in [6.45, 7) is 0. The molecule has 0 unspecified atom stereocenters. The molecular weight excluding hydrogens is 306 g/mol. The fraction of sp³-hybridized carbons (Fsp3) is 0.0556. The molecule has 0 aliphatic rings. The van der Waals surface area contributed by atoms with Gasteiger partial charge in [-0.25, -0.2) is 0 Å². The summed E-state index contributed by atoms with van der Waals surface area (Å²) in [5.41, 5.74) is 1.28. The molecule has 2 N–H and O–H groups in total. The van der Waals surface area contributed by atoms with E-state index in [4.69, 9.17) is 0 Å². The van der Waals surface area contributed by atoms with E-state index >= 15 is 0 Å². The van der Waals surface area contributed by atoms with Gasteiger partial charge in [-0.3, -0.25) is 14.9 Å². The van der Waals surface area contributed by atoms with E-state index in [1.165, 1.54) is 18.2 Å². The Morgan fingerprint density at radius 1 is 1.00 bits per heavy atom. The van der Waals surface area contributed by atoms with Crippen LogP contribution < -0.4 is 10.6 Å². The summed E-state index contributed by atoms with van der Waals surface area (Å²) < 4.78 is 0. The first-order valence-corrected chi connectivity index (χ1v) is 7.35. The van der Waals surface area contributed by atoms with Crippen LogP contribution in [0.25, 0.3) is 10.8 Å². The highest BCUT2D eigenvalue weighted by Gasteiger charge is 2.17. The van der Waals surface area contributed by atoms with E-state index in [0.717, 1.165) is 10.8 Å². The van der Waals surface area contributed by atoms with E-state index in [1.807, 2.05) is 36.4 Å². The summed E-state index contributed by atoms with van der Waals surface area (Å²) in [6.07, 6.45) is 0. The van der Waals surface area contributed by atoms with Crippen LogP contribution in [0.5, 0.6) is 0 Å². The number of rotatable bonds is 4. The number of non-ortho nitro benzene ring substituents is 1. The van der Waals surface area contributed by atoms with Gasteiger partial charge in [-0.15, -0.1) is 0 Å². The van der Waals surface area contributed by atoms with E-state index in [2.05, 4.69) is 10.6 Å². The number of benzene rings is 3. The van der Waals surface area contributed by atoms with Crippen molar-refractivity contribution in [3.8, 4) is 0 Å². The zero-order valence-corrected chi connectivity index (χ0v) is 12.9. The van der Waals surface area contributed by atoms with E-state index in [9.17, 15) is 14.9 Å². The predicted molar refractivity (Wildman–Crippen MR) is 94.5 cm³/mol. The van der Waals surface area contributed by atoms with Gasteiger partial charge in [0.15, 0.2) is 0 Å². The fourth-order valence-corrected chi connectivity index (χ4v) is 2.58. The highest BCUT2D eigenvalue weighted by Crippen LogP contribution is 2.26. The lowest BCUT2D eigenvalue weighted by atomic mass is 10.1. The summed E-state index contributed by atoms with van der Waals surface area (Å²) in [7, 11) is 1.66. The van der Waals surface area contributed by atoms with Crippen LogP contribution in [0.3, 0.4) is 0 Å². The number of carbonyl (C=O) groups is 1. The van der Waals surface area contributed by atoms with Crippen molar-refractivity contribution in [2.75, 3.05) is 17.7 Å². The third-order valence-electron chi connectivity index (χ3n) is 3.77. The zero-order chi connectivity index (χ0) is 17.1. The lowest BCUT2D eigenvalue weighted by Gasteiger charge is -2.11. The molecule has 3 rings (SSSR count). The molecule has 0 saturated heterocycles. The minimum Gasteiger partial charge on any atom is -0.387 e. The monoisotopic (exact) mass is 321 g/mol. The van der Waals surface area contributed by atoms with Crippen molar-refractivity contribution >= 4 is 33.7 Å². The summed E-state index contributed by atoms with van der Waals surface area (Å²) in [4.78, 5) is 23.1. The van der Waals surface area contributed by atoms with Gasteiger partial charge in [-0.1, -0.05) is 36.4 Å². The molecule has 0 radical (unpaired) electrons. The Hall–Kier alpha value is -3.41. The van der Waals surface area contributed by atoms with Gasteiger partial charge in [0, 0.05) is 35.9 Å². The number of carbonyl (C=O) groups excluding carboxylic acids is 1. The standard InChI is InChI=1S/C18H15N3O3/c1-19-16-10-9-13(21(23)24)11-15(16)18(22)20-17-8-4-6-12-5-2-3-7-14(12)17/h2-11,19H,1H3,(H,20,22). The molecule has 0 heterocycles. The number of hydrogen-bond acceptors (Lipinski definition) is 4. The van der Waals surface area contributed by atoms with Gasteiger partial charge in [0.25, 0.3) is 11.6 Å². The normalized spacial score (nSPS) is 10.4. The molecule has 0 saturated carbocycles. The van der Waals surface area contributed by atoms with Crippen molar-refractivity contribution in [3.05, 3.63) is 76.3 Å². The molecule has 0 spiro atoms. The molecule has 1 amide bonds. The molecule has 0 aliphatic carbocycles. The predicted octanol–water partition coefficient (Wildman–Crippen LogP) is 4.04. The van der Waals surface area contributed by atoms with Crippen molar-refractivity contribution in [2.24, 2.45) is 0 Å². The number of fused-ring (bicyclic) bond motifs is 1. The van der Waals surface area contributed by atoms with Gasteiger partial charge in [0.2, 0.25) is 0 Å². The van der Waals surface area contributed by atoms with Gasteiger partial charge in [0.1, 0.15) is 0 Å². The van der Waals surface area contributed by atoms with E-state index in [1.54, 1.807) is 13.1 Å². The Labute approximate surface area is 138 Å². The van der Waals surface area contributed by atoms with Crippen molar-refractivity contribution in [3.63, 3.8) is 0 Å². The van der Waals surface area contributed by atoms with Crippen LogP contribution in [0, 0.1) is 10.1 Å². The molecule has 0 aromatic heterocycles. The maximum Gasteiger partial charge on any atom is 0.270 e. The first kappa shape index (κ1) is 15.5. The number of anilines is 2. The summed E-state index contributed by atoms with van der Waals surface area (Å²) >= 11 is 0. The molecule has 3 aromatic carbocycles. The smallest absolute Gasteiger partial charge is 0.270 e. The first-order chi connectivity index (χ1) is 11.6. The van der Waals surface area contributed by atoms with Crippen molar-refractivity contribution in [1.82, 2.24) is 0 Å². The zero-order valence-electron chi connectivity index (χ0n) is 12.9. The fourth-order valence-electron chi connectivity index (χ4n) is 2.58. The second kappa shape index (κ2) is 6.37. The largest absolute Gasteiger partial charge is 0.387 e. The molecule has 24 heavy (non-hydrogen) atoms. The maximum absolute atomic E-state index is 12.6. The van der Waals surface area contributed by atoms with E-state index < -0.39 is 10.8 Å². The first-order valence-electron chi connectivity index (χ1n) is 7.35. The molecule has 3 aromatic rings. The summed E-state index contributed by atoms with van der Waals surface area (Å²) in [6, 6.07) is 17.5. The van der Waals surface area contributed by atoms with Crippen molar-refractivity contribution in [1.29, 1.82) is 0 Å². The topological polar surface area (TPSA) is 84.3 Å². The molecule has 0 atom stereocenters. The summed E-state index contributed by atoms with van der Waals surface area (Å²) in [5, 5.41) is 18.6. The Kier molecular flexibility index (Phi) is 4.11. The van der Waals surface area contributed by atoms with Crippen molar-refractivity contribution in [2.45, 2.75) is 0 Å². The third-order valence-corrected chi connectivity index (χ3v) is 3.77. The number of hydrogen-bond donors (Lipinski definition) is 2. The highest BCUT2D eigenvalue weighted by molar-refractivity contribution is 6.12. The van der Waals surface area contributed by atoms with Crippen LogP contribution >= 0.6 is 0 Å². The maximum atomic E-state index is 12.6. The molecule has 0 bridgehead atoms. The van der Waals surface area contributed by atoms with Gasteiger partial charge in [-0.2, -0.15) is 0 Å². The van der Waals surface area contributed by atoms with Crippen LogP contribution in [0.1, 0.15) is 10.4 Å².